The van der Waals surface area contributed by atoms with Gasteiger partial charge in [-0.2, -0.15) is 0 Å². The lowest BCUT2D eigenvalue weighted by molar-refractivity contribution is -0.0438. The Labute approximate surface area is 161 Å². The van der Waals surface area contributed by atoms with Crippen molar-refractivity contribution >= 4 is 5.57 Å². The van der Waals surface area contributed by atoms with Crippen molar-refractivity contribution in [3.63, 3.8) is 0 Å². The van der Waals surface area contributed by atoms with Gasteiger partial charge in [0.1, 0.15) is 5.82 Å². The van der Waals surface area contributed by atoms with Crippen LogP contribution in [-0.2, 0) is 0 Å². The number of nitrogens with zero attached hydrogens (tertiary/aromatic N) is 1. The Kier molecular flexibility index (Phi) is 3.72. The smallest absolute Gasteiger partial charge is 0.137 e. The van der Waals surface area contributed by atoms with Crippen LogP contribution >= 0.6 is 0 Å². The summed E-state index contributed by atoms with van der Waals surface area (Å²) < 4.78 is 0. The number of aliphatic hydroxyl groups excluding tert-OH is 2. The van der Waals surface area contributed by atoms with Crippen LogP contribution in [0.5, 0.6) is 0 Å². The molecule has 0 amide bonds. The molecule has 27 heavy (non-hydrogen) atoms. The van der Waals surface area contributed by atoms with Crippen LogP contribution in [0.3, 0.4) is 0 Å². The number of aromatic nitrogens is 2. The lowest BCUT2D eigenvalue weighted by atomic mass is 9.45. The van der Waals surface area contributed by atoms with Crippen molar-refractivity contribution in [2.75, 3.05) is 0 Å². The molecule has 3 N–H and O–H groups in total. The van der Waals surface area contributed by atoms with Crippen LogP contribution in [0.4, 0.5) is 0 Å². The summed E-state index contributed by atoms with van der Waals surface area (Å²) in [5, 5.41) is 21.2. The first-order chi connectivity index (χ1) is 12.8. The summed E-state index contributed by atoms with van der Waals surface area (Å²) in [6.07, 6.45) is 11.9. The predicted octanol–water partition coefficient (Wildman–Crippen LogP) is 4.86. The first-order valence-corrected chi connectivity index (χ1v) is 10.7. The first kappa shape index (κ1) is 17.5. The van der Waals surface area contributed by atoms with Gasteiger partial charge in [-0.15, -0.1) is 0 Å². The summed E-state index contributed by atoms with van der Waals surface area (Å²) in [5.74, 6) is 3.60. The Balaban J connectivity index is 1.55. The van der Waals surface area contributed by atoms with Crippen molar-refractivity contribution in [2.24, 2.45) is 34.5 Å². The third-order valence-electron chi connectivity index (χ3n) is 8.81. The summed E-state index contributed by atoms with van der Waals surface area (Å²) in [4.78, 5) is 7.72. The number of allylic oxidation sites excluding steroid dienone is 3. The van der Waals surface area contributed by atoms with E-state index in [-0.39, 0.29) is 16.9 Å². The van der Waals surface area contributed by atoms with E-state index in [9.17, 15) is 10.2 Å². The zero-order chi connectivity index (χ0) is 19.0. The molecule has 2 fully saturated rings. The van der Waals surface area contributed by atoms with Crippen molar-refractivity contribution in [3.8, 4) is 0 Å². The van der Waals surface area contributed by atoms with Crippen LogP contribution in [0.25, 0.3) is 5.57 Å². The molecule has 0 saturated heterocycles. The number of H-pyrrole nitrogens is 1. The Bertz CT molecular complexity index is 810. The minimum Gasteiger partial charge on any atom is -0.512 e. The minimum absolute atomic E-state index is 0.00670. The maximum Gasteiger partial charge on any atom is 0.137 e. The Morgan fingerprint density at radius 3 is 2.63 bits per heavy atom. The van der Waals surface area contributed by atoms with Crippen LogP contribution in [0.1, 0.15) is 65.1 Å². The molecule has 7 atom stereocenters. The average molecular weight is 369 g/mol. The van der Waals surface area contributed by atoms with E-state index >= 15 is 0 Å². The van der Waals surface area contributed by atoms with Crippen molar-refractivity contribution < 1.29 is 10.2 Å². The lowest BCUT2D eigenvalue weighted by Gasteiger charge is -2.59. The Hall–Kier alpha value is -1.55. The van der Waals surface area contributed by atoms with E-state index in [0.29, 0.717) is 29.4 Å². The number of rotatable bonds is 1. The molecule has 0 aliphatic heterocycles. The van der Waals surface area contributed by atoms with Crippen molar-refractivity contribution in [1.82, 2.24) is 9.97 Å². The number of fused-ring (bicyclic) bond motifs is 5. The standard InChI is InChI=1S/C23H32N2O2/c1-13-10-14-11-15(26)4-6-22(14,2)16-5-7-23(3)17(19(13)16)12-18(27)20(23)21-24-8-9-25-21/h8-10,13,15-17,19,26-27H,4-7,11-12H2,1-3H3,(H,24,25)/t13?,15?,16-,17+,19-,22+,23+/m1/s1. The molecule has 0 aromatic carbocycles. The molecule has 0 bridgehead atoms. The molecule has 2 saturated carbocycles. The molecular weight excluding hydrogens is 336 g/mol. The van der Waals surface area contributed by atoms with Crippen LogP contribution in [-0.4, -0.2) is 26.3 Å². The number of hydrogen-bond donors (Lipinski definition) is 3. The molecule has 1 heterocycles. The van der Waals surface area contributed by atoms with Crippen molar-refractivity contribution in [2.45, 2.75) is 65.4 Å². The Morgan fingerprint density at radius 1 is 1.11 bits per heavy atom. The summed E-state index contributed by atoms with van der Waals surface area (Å²) in [6.45, 7) is 7.17. The molecule has 4 aliphatic rings. The fraction of sp³-hybridized carbons (Fsp3) is 0.696. The fourth-order valence-electron chi connectivity index (χ4n) is 7.46. The number of hydrogen-bond acceptors (Lipinski definition) is 3. The van der Waals surface area contributed by atoms with Crippen molar-refractivity contribution in [3.05, 3.63) is 35.6 Å². The van der Waals surface area contributed by atoms with E-state index in [1.807, 2.05) is 6.20 Å². The highest BCUT2D eigenvalue weighted by Gasteiger charge is 2.60. The van der Waals surface area contributed by atoms with Gasteiger partial charge >= 0.3 is 0 Å². The quantitative estimate of drug-likeness (QED) is 0.620. The molecule has 5 rings (SSSR count). The third kappa shape index (κ3) is 2.28. The van der Waals surface area contributed by atoms with Gasteiger partial charge in [0, 0.05) is 29.8 Å². The zero-order valence-electron chi connectivity index (χ0n) is 16.7. The predicted molar refractivity (Wildman–Crippen MR) is 106 cm³/mol. The molecule has 1 aromatic heterocycles. The fourth-order valence-corrected chi connectivity index (χ4v) is 7.46. The summed E-state index contributed by atoms with van der Waals surface area (Å²) in [5.41, 5.74) is 2.77. The van der Waals surface area contributed by atoms with E-state index < -0.39 is 0 Å². The molecule has 2 unspecified atom stereocenters. The molecule has 4 aliphatic carbocycles. The van der Waals surface area contributed by atoms with E-state index in [1.54, 1.807) is 6.20 Å². The second kappa shape index (κ2) is 5.73. The lowest BCUT2D eigenvalue weighted by Crippen LogP contribution is -2.52. The monoisotopic (exact) mass is 368 g/mol. The number of aliphatic hydroxyl groups is 2. The highest BCUT2D eigenvalue weighted by molar-refractivity contribution is 5.70. The highest BCUT2D eigenvalue weighted by Crippen LogP contribution is 2.67. The van der Waals surface area contributed by atoms with Gasteiger partial charge in [0.2, 0.25) is 0 Å². The average Bonchev–Trinajstić information content (AvgIpc) is 3.21. The number of aromatic amines is 1. The second-order valence-corrected chi connectivity index (χ2v) is 10.1. The minimum atomic E-state index is -0.162. The van der Waals surface area contributed by atoms with Crippen LogP contribution < -0.4 is 0 Å². The summed E-state index contributed by atoms with van der Waals surface area (Å²) in [6, 6.07) is 0. The molecule has 146 valence electrons. The van der Waals surface area contributed by atoms with Gasteiger partial charge in [-0.3, -0.25) is 0 Å². The van der Waals surface area contributed by atoms with E-state index in [0.717, 1.165) is 43.5 Å². The third-order valence-corrected chi connectivity index (χ3v) is 8.81. The maximum atomic E-state index is 10.9. The van der Waals surface area contributed by atoms with Gasteiger partial charge in [-0.1, -0.05) is 32.4 Å². The molecule has 0 radical (unpaired) electrons. The van der Waals surface area contributed by atoms with E-state index in [4.69, 9.17) is 0 Å². The molecule has 4 heteroatoms. The van der Waals surface area contributed by atoms with Crippen LogP contribution in [0.15, 0.2) is 29.8 Å². The second-order valence-electron chi connectivity index (χ2n) is 10.1. The van der Waals surface area contributed by atoms with Gasteiger partial charge in [0.25, 0.3) is 0 Å². The molecule has 0 spiro atoms. The maximum absolute atomic E-state index is 10.9. The van der Waals surface area contributed by atoms with Gasteiger partial charge in [-0.25, -0.2) is 4.98 Å². The van der Waals surface area contributed by atoms with Gasteiger partial charge in [0.15, 0.2) is 0 Å². The molecule has 4 nitrogen and oxygen atoms in total. The normalized spacial score (nSPS) is 46.5. The topological polar surface area (TPSA) is 69.1 Å². The number of imidazole rings is 1. The van der Waals surface area contributed by atoms with Gasteiger partial charge in [-0.05, 0) is 61.2 Å². The molecular formula is C23H32N2O2. The van der Waals surface area contributed by atoms with Crippen LogP contribution in [0, 0.1) is 34.5 Å². The SMILES string of the molecule is CC1C=C2CC(O)CC[C@]2(C)[C@@H]2CC[C@]3(C)C(c4ncc[nH]4)=C(O)C[C@H]3[C@H]12. The van der Waals surface area contributed by atoms with Gasteiger partial charge < -0.3 is 15.2 Å². The first-order valence-electron chi connectivity index (χ1n) is 10.7. The van der Waals surface area contributed by atoms with Crippen molar-refractivity contribution in [1.29, 1.82) is 0 Å². The van der Waals surface area contributed by atoms with Crippen LogP contribution in [0.2, 0.25) is 0 Å². The van der Waals surface area contributed by atoms with E-state index in [1.165, 1.54) is 12.0 Å². The Morgan fingerprint density at radius 2 is 1.89 bits per heavy atom. The zero-order valence-corrected chi connectivity index (χ0v) is 16.7. The number of nitrogens with one attached hydrogen (secondary N) is 1. The summed E-state index contributed by atoms with van der Waals surface area (Å²) >= 11 is 0. The summed E-state index contributed by atoms with van der Waals surface area (Å²) in [7, 11) is 0. The van der Waals surface area contributed by atoms with Gasteiger partial charge in [0.05, 0.1) is 11.9 Å². The highest BCUT2D eigenvalue weighted by atomic mass is 16.3. The molecule has 1 aromatic rings. The largest absolute Gasteiger partial charge is 0.512 e. The van der Waals surface area contributed by atoms with E-state index in [2.05, 4.69) is 36.8 Å².